The molecule has 0 radical (unpaired) electrons. The average molecular weight is 356 g/mol. The van der Waals surface area contributed by atoms with E-state index in [2.05, 4.69) is 91.0 Å². The molecule has 0 aromatic heterocycles. The van der Waals surface area contributed by atoms with Crippen molar-refractivity contribution in [3.8, 4) is 0 Å². The number of epoxide rings is 2. The summed E-state index contributed by atoms with van der Waals surface area (Å²) in [5.74, 6) is 0.257. The molecule has 2 aliphatic rings. The van der Waals surface area contributed by atoms with Gasteiger partial charge in [0.2, 0.25) is 0 Å². The normalized spacial score (nSPS) is 22.2. The maximum Gasteiger partial charge on any atom is 0.0890 e. The van der Waals surface area contributed by atoms with Gasteiger partial charge in [-0.15, -0.1) is 0 Å². The minimum Gasteiger partial charge on any atom is -0.373 e. The second-order valence-electron chi connectivity index (χ2n) is 7.62. The van der Waals surface area contributed by atoms with Crippen molar-refractivity contribution in [3.05, 3.63) is 108 Å². The van der Waals surface area contributed by atoms with Gasteiger partial charge in [-0.05, 0) is 23.1 Å². The molecule has 2 heterocycles. The molecule has 2 fully saturated rings. The molecule has 2 nitrogen and oxygen atoms in total. The van der Waals surface area contributed by atoms with Crippen LogP contribution in [0.1, 0.15) is 29.0 Å². The Hall–Kier alpha value is -2.42. The largest absolute Gasteiger partial charge is 0.373 e. The second-order valence-corrected chi connectivity index (χ2v) is 7.62. The highest BCUT2D eigenvalue weighted by Gasteiger charge is 2.52. The summed E-state index contributed by atoms with van der Waals surface area (Å²) < 4.78 is 11.7. The van der Waals surface area contributed by atoms with Crippen LogP contribution in [-0.2, 0) is 14.9 Å². The van der Waals surface area contributed by atoms with Crippen LogP contribution >= 0.6 is 0 Å². The predicted octanol–water partition coefficient (Wildman–Crippen LogP) is 4.94. The van der Waals surface area contributed by atoms with Crippen molar-refractivity contribution in [2.75, 3.05) is 13.2 Å². The van der Waals surface area contributed by atoms with Crippen molar-refractivity contribution >= 4 is 0 Å². The Balaban J connectivity index is 1.75. The zero-order valence-electron chi connectivity index (χ0n) is 15.3. The fourth-order valence-corrected chi connectivity index (χ4v) is 4.63. The highest BCUT2D eigenvalue weighted by molar-refractivity contribution is 5.46. The maximum absolute atomic E-state index is 5.94. The van der Waals surface area contributed by atoms with Crippen LogP contribution in [0.15, 0.2) is 91.0 Å². The van der Waals surface area contributed by atoms with E-state index < -0.39 is 0 Å². The van der Waals surface area contributed by atoms with Gasteiger partial charge in [-0.25, -0.2) is 0 Å². The fourth-order valence-electron chi connectivity index (χ4n) is 4.63. The summed E-state index contributed by atoms with van der Waals surface area (Å²) in [6.07, 6.45) is 1.53. The van der Waals surface area contributed by atoms with Gasteiger partial charge in [0.05, 0.1) is 25.4 Å². The zero-order valence-corrected chi connectivity index (χ0v) is 15.3. The third-order valence-electron chi connectivity index (χ3n) is 5.95. The number of benzene rings is 3. The van der Waals surface area contributed by atoms with Crippen molar-refractivity contribution in [1.29, 1.82) is 0 Å². The van der Waals surface area contributed by atoms with E-state index in [9.17, 15) is 0 Å². The molecular formula is C25H24O2. The van der Waals surface area contributed by atoms with E-state index in [4.69, 9.17) is 9.47 Å². The van der Waals surface area contributed by atoms with Crippen molar-refractivity contribution in [1.82, 2.24) is 0 Å². The summed E-state index contributed by atoms with van der Waals surface area (Å²) in [6.45, 7) is 1.68. The summed E-state index contributed by atoms with van der Waals surface area (Å²) in [5, 5.41) is 0. The smallest absolute Gasteiger partial charge is 0.0890 e. The predicted molar refractivity (Wildman–Crippen MR) is 107 cm³/mol. The van der Waals surface area contributed by atoms with Crippen LogP contribution in [-0.4, -0.2) is 25.4 Å². The lowest BCUT2D eigenvalue weighted by Gasteiger charge is -2.42. The van der Waals surface area contributed by atoms with Crippen molar-refractivity contribution in [3.63, 3.8) is 0 Å². The van der Waals surface area contributed by atoms with Crippen molar-refractivity contribution in [2.24, 2.45) is 0 Å². The van der Waals surface area contributed by atoms with E-state index in [0.29, 0.717) is 6.10 Å². The first-order chi connectivity index (χ1) is 13.4. The molecule has 2 heteroatoms. The third-order valence-corrected chi connectivity index (χ3v) is 5.95. The molecule has 3 aromatic rings. The van der Waals surface area contributed by atoms with E-state index in [0.717, 1.165) is 19.6 Å². The lowest BCUT2D eigenvalue weighted by molar-refractivity contribution is 0.265. The molecule has 0 N–H and O–H groups in total. The van der Waals surface area contributed by atoms with Gasteiger partial charge in [-0.2, -0.15) is 0 Å². The average Bonchev–Trinajstić information content (AvgIpc) is 3.66. The van der Waals surface area contributed by atoms with Gasteiger partial charge in [-0.1, -0.05) is 91.0 Å². The van der Waals surface area contributed by atoms with Crippen molar-refractivity contribution < 1.29 is 9.47 Å². The summed E-state index contributed by atoms with van der Waals surface area (Å²) in [7, 11) is 0. The van der Waals surface area contributed by atoms with Crippen LogP contribution in [0.25, 0.3) is 0 Å². The Labute approximate surface area is 160 Å². The highest BCUT2D eigenvalue weighted by Crippen LogP contribution is 2.53. The molecule has 3 aromatic carbocycles. The molecule has 5 rings (SSSR count). The van der Waals surface area contributed by atoms with Crippen LogP contribution < -0.4 is 0 Å². The summed E-state index contributed by atoms with van der Waals surface area (Å²) in [5.41, 5.74) is 3.85. The number of hydrogen-bond donors (Lipinski definition) is 0. The highest BCUT2D eigenvalue weighted by atomic mass is 16.6. The molecule has 27 heavy (non-hydrogen) atoms. The Morgan fingerprint density at radius 2 is 1.19 bits per heavy atom. The Bertz CT molecular complexity index is 828. The van der Waals surface area contributed by atoms with E-state index in [1.54, 1.807) is 0 Å². The van der Waals surface area contributed by atoms with Gasteiger partial charge in [0.25, 0.3) is 0 Å². The molecule has 0 aliphatic carbocycles. The molecule has 2 saturated heterocycles. The molecular weight excluding hydrogens is 332 g/mol. The molecule has 2 aliphatic heterocycles. The topological polar surface area (TPSA) is 25.1 Å². The molecule has 136 valence electrons. The van der Waals surface area contributed by atoms with Gasteiger partial charge in [0.15, 0.2) is 0 Å². The molecule has 0 amide bonds. The van der Waals surface area contributed by atoms with E-state index in [-0.39, 0.29) is 17.4 Å². The summed E-state index contributed by atoms with van der Waals surface area (Å²) in [6, 6.07) is 32.7. The van der Waals surface area contributed by atoms with Gasteiger partial charge in [0.1, 0.15) is 0 Å². The van der Waals surface area contributed by atoms with Crippen molar-refractivity contribution in [2.45, 2.75) is 30.0 Å². The minimum absolute atomic E-state index is 0.174. The zero-order chi connectivity index (χ0) is 18.1. The van der Waals surface area contributed by atoms with Gasteiger partial charge in [0, 0.05) is 11.3 Å². The lowest BCUT2D eigenvalue weighted by Crippen LogP contribution is -2.39. The Kier molecular flexibility index (Phi) is 4.31. The quantitative estimate of drug-likeness (QED) is 0.560. The van der Waals surface area contributed by atoms with Gasteiger partial charge >= 0.3 is 0 Å². The minimum atomic E-state index is -0.174. The molecule has 3 unspecified atom stereocenters. The molecule has 0 bridgehead atoms. The second kappa shape index (κ2) is 6.95. The van der Waals surface area contributed by atoms with E-state index >= 15 is 0 Å². The lowest BCUT2D eigenvalue weighted by atomic mass is 9.60. The Morgan fingerprint density at radius 3 is 1.63 bits per heavy atom. The number of ether oxygens (including phenoxy) is 2. The van der Waals surface area contributed by atoms with Crippen LogP contribution in [0.5, 0.6) is 0 Å². The van der Waals surface area contributed by atoms with Crippen LogP contribution in [0.3, 0.4) is 0 Å². The van der Waals surface area contributed by atoms with E-state index in [1.807, 2.05) is 0 Å². The monoisotopic (exact) mass is 356 g/mol. The van der Waals surface area contributed by atoms with E-state index in [1.165, 1.54) is 16.7 Å². The van der Waals surface area contributed by atoms with Crippen LogP contribution in [0.2, 0.25) is 0 Å². The number of hydrogen-bond acceptors (Lipinski definition) is 2. The van der Waals surface area contributed by atoms with Gasteiger partial charge < -0.3 is 9.47 Å². The third kappa shape index (κ3) is 3.20. The summed E-state index contributed by atoms with van der Waals surface area (Å²) >= 11 is 0. The Morgan fingerprint density at radius 1 is 0.704 bits per heavy atom. The molecule has 0 spiro atoms. The summed E-state index contributed by atoms with van der Waals surface area (Å²) in [4.78, 5) is 0. The standard InChI is InChI=1S/C25H24O2/c1-4-10-19(11-5-1)24(23-18-27-23)25(16-22-17-26-22,20-12-6-2-7-13-20)21-14-8-3-9-15-21/h1-15,22-24H,16-18H2. The molecule has 0 saturated carbocycles. The van der Waals surface area contributed by atoms with Gasteiger partial charge in [-0.3, -0.25) is 0 Å². The first-order valence-corrected chi connectivity index (χ1v) is 9.77. The first kappa shape index (κ1) is 16.7. The fraction of sp³-hybridized carbons (Fsp3) is 0.280. The SMILES string of the molecule is c1ccc(C(C2CO2)C(CC2CO2)(c2ccccc2)c2ccccc2)cc1. The number of rotatable bonds is 7. The molecule has 3 atom stereocenters. The van der Waals surface area contributed by atoms with Crippen LogP contribution in [0.4, 0.5) is 0 Å². The maximum atomic E-state index is 5.94. The first-order valence-electron chi connectivity index (χ1n) is 9.77. The van der Waals surface area contributed by atoms with Crippen LogP contribution in [0, 0.1) is 0 Å².